The number of aromatic nitrogens is 1. The summed E-state index contributed by atoms with van der Waals surface area (Å²) in [5, 5.41) is 0. The summed E-state index contributed by atoms with van der Waals surface area (Å²) in [7, 11) is 1.79. The number of nitrogens with zero attached hydrogens (tertiary/aromatic N) is 2. The van der Waals surface area contributed by atoms with Crippen LogP contribution in [-0.2, 0) is 6.54 Å². The van der Waals surface area contributed by atoms with E-state index in [2.05, 4.69) is 18.8 Å². The molecule has 0 radical (unpaired) electrons. The van der Waals surface area contributed by atoms with Crippen LogP contribution in [0, 0.1) is 5.92 Å². The van der Waals surface area contributed by atoms with Crippen molar-refractivity contribution >= 4 is 5.91 Å². The van der Waals surface area contributed by atoms with Crippen molar-refractivity contribution in [2.24, 2.45) is 11.7 Å². The van der Waals surface area contributed by atoms with Gasteiger partial charge in [0.05, 0.1) is 0 Å². The van der Waals surface area contributed by atoms with E-state index in [1.807, 2.05) is 6.07 Å². The molecule has 0 unspecified atom stereocenters. The zero-order valence-electron chi connectivity index (χ0n) is 10.1. The second-order valence-electron chi connectivity index (χ2n) is 4.34. The van der Waals surface area contributed by atoms with Gasteiger partial charge in [0, 0.05) is 26.3 Å². The van der Waals surface area contributed by atoms with Crippen LogP contribution in [0.15, 0.2) is 18.3 Å². The van der Waals surface area contributed by atoms with Crippen molar-refractivity contribution < 1.29 is 4.79 Å². The Bertz CT molecular complexity index is 346. The Hall–Kier alpha value is -1.42. The molecule has 0 atom stereocenters. The van der Waals surface area contributed by atoms with Crippen LogP contribution in [0.2, 0.25) is 0 Å². The lowest BCUT2D eigenvalue weighted by molar-refractivity contribution is 0.0773. The highest BCUT2D eigenvalue weighted by atomic mass is 16.2. The highest BCUT2D eigenvalue weighted by molar-refractivity contribution is 5.92. The first kappa shape index (κ1) is 12.6. The van der Waals surface area contributed by atoms with E-state index in [1.54, 1.807) is 24.2 Å². The van der Waals surface area contributed by atoms with Crippen LogP contribution in [0.5, 0.6) is 0 Å². The molecule has 0 spiro atoms. The zero-order chi connectivity index (χ0) is 12.1. The topological polar surface area (TPSA) is 59.2 Å². The number of carbonyl (C=O) groups is 1. The second kappa shape index (κ2) is 5.61. The molecule has 0 aliphatic heterocycles. The molecule has 1 aromatic heterocycles. The fraction of sp³-hybridized carbons (Fsp3) is 0.500. The highest BCUT2D eigenvalue weighted by Crippen LogP contribution is 2.04. The molecule has 0 aromatic carbocycles. The van der Waals surface area contributed by atoms with Crippen molar-refractivity contribution in [2.75, 3.05) is 13.6 Å². The molecule has 1 heterocycles. The normalized spacial score (nSPS) is 10.6. The summed E-state index contributed by atoms with van der Waals surface area (Å²) in [6, 6.07) is 3.56. The first-order valence-electron chi connectivity index (χ1n) is 5.45. The van der Waals surface area contributed by atoms with E-state index in [0.717, 1.165) is 12.1 Å². The molecule has 4 nitrogen and oxygen atoms in total. The van der Waals surface area contributed by atoms with Crippen LogP contribution in [-0.4, -0.2) is 29.4 Å². The van der Waals surface area contributed by atoms with Gasteiger partial charge in [-0.05, 0) is 17.5 Å². The molecule has 1 aromatic rings. The second-order valence-corrected chi connectivity index (χ2v) is 4.34. The van der Waals surface area contributed by atoms with Gasteiger partial charge in [-0.15, -0.1) is 0 Å². The van der Waals surface area contributed by atoms with Crippen molar-refractivity contribution in [1.82, 2.24) is 9.88 Å². The minimum Gasteiger partial charge on any atom is -0.340 e. The molecule has 88 valence electrons. The summed E-state index contributed by atoms with van der Waals surface area (Å²) < 4.78 is 0. The Balaban J connectivity index is 2.72. The minimum absolute atomic E-state index is 0.0442. The van der Waals surface area contributed by atoms with Crippen molar-refractivity contribution in [1.29, 1.82) is 0 Å². The predicted octanol–water partition coefficient (Wildman–Crippen LogP) is 1.27. The summed E-state index contributed by atoms with van der Waals surface area (Å²) in [6.07, 6.45) is 1.65. The van der Waals surface area contributed by atoms with Crippen molar-refractivity contribution in [3.8, 4) is 0 Å². The van der Waals surface area contributed by atoms with E-state index in [9.17, 15) is 4.79 Å². The maximum absolute atomic E-state index is 11.9. The first-order chi connectivity index (χ1) is 7.54. The summed E-state index contributed by atoms with van der Waals surface area (Å²) in [5.74, 6) is 0.412. The van der Waals surface area contributed by atoms with E-state index >= 15 is 0 Å². The molecule has 0 saturated carbocycles. The van der Waals surface area contributed by atoms with E-state index < -0.39 is 0 Å². The molecule has 0 bridgehead atoms. The van der Waals surface area contributed by atoms with Gasteiger partial charge in [0.25, 0.3) is 5.91 Å². The van der Waals surface area contributed by atoms with Gasteiger partial charge in [0.2, 0.25) is 0 Å². The summed E-state index contributed by atoms with van der Waals surface area (Å²) in [4.78, 5) is 17.7. The maximum Gasteiger partial charge on any atom is 0.272 e. The van der Waals surface area contributed by atoms with Gasteiger partial charge in [-0.25, -0.2) is 0 Å². The van der Waals surface area contributed by atoms with Crippen LogP contribution in [0.3, 0.4) is 0 Å². The van der Waals surface area contributed by atoms with E-state index in [1.165, 1.54) is 0 Å². The predicted molar refractivity (Wildman–Crippen MR) is 63.9 cm³/mol. The Morgan fingerprint density at radius 2 is 2.19 bits per heavy atom. The molecular weight excluding hydrogens is 202 g/mol. The van der Waals surface area contributed by atoms with Gasteiger partial charge in [0.15, 0.2) is 0 Å². The quantitative estimate of drug-likeness (QED) is 0.833. The molecular formula is C12H19N3O. The van der Waals surface area contributed by atoms with Gasteiger partial charge < -0.3 is 10.6 Å². The Morgan fingerprint density at radius 1 is 1.50 bits per heavy atom. The van der Waals surface area contributed by atoms with E-state index in [4.69, 9.17) is 5.73 Å². The first-order valence-corrected chi connectivity index (χ1v) is 5.45. The monoisotopic (exact) mass is 221 g/mol. The molecule has 0 aliphatic rings. The van der Waals surface area contributed by atoms with Crippen LogP contribution in [0.1, 0.15) is 29.9 Å². The van der Waals surface area contributed by atoms with Gasteiger partial charge in [-0.3, -0.25) is 9.78 Å². The summed E-state index contributed by atoms with van der Waals surface area (Å²) in [6.45, 7) is 5.34. The Kier molecular flexibility index (Phi) is 4.43. The summed E-state index contributed by atoms with van der Waals surface area (Å²) in [5.41, 5.74) is 6.87. The molecule has 1 rings (SSSR count). The summed E-state index contributed by atoms with van der Waals surface area (Å²) >= 11 is 0. The van der Waals surface area contributed by atoms with Gasteiger partial charge in [0.1, 0.15) is 5.69 Å². The average Bonchev–Trinajstić information content (AvgIpc) is 2.27. The number of hydrogen-bond acceptors (Lipinski definition) is 3. The molecule has 2 N–H and O–H groups in total. The van der Waals surface area contributed by atoms with Crippen molar-refractivity contribution in [3.05, 3.63) is 29.6 Å². The SMILES string of the molecule is CC(C)CN(C)C(=O)c1ccc(CN)cn1. The molecule has 0 fully saturated rings. The number of amides is 1. The van der Waals surface area contributed by atoms with Crippen LogP contribution in [0.4, 0.5) is 0 Å². The number of nitrogens with two attached hydrogens (primary N) is 1. The van der Waals surface area contributed by atoms with Crippen LogP contribution < -0.4 is 5.73 Å². The lowest BCUT2D eigenvalue weighted by Crippen LogP contribution is -2.30. The number of carbonyl (C=O) groups excluding carboxylic acids is 1. The number of hydrogen-bond donors (Lipinski definition) is 1. The van der Waals surface area contributed by atoms with Crippen LogP contribution >= 0.6 is 0 Å². The Labute approximate surface area is 96.5 Å². The zero-order valence-corrected chi connectivity index (χ0v) is 10.1. The maximum atomic E-state index is 11.9. The third kappa shape index (κ3) is 3.31. The molecule has 4 heteroatoms. The molecule has 16 heavy (non-hydrogen) atoms. The number of pyridine rings is 1. The lowest BCUT2D eigenvalue weighted by Gasteiger charge is -2.18. The van der Waals surface area contributed by atoms with E-state index in [0.29, 0.717) is 18.2 Å². The van der Waals surface area contributed by atoms with E-state index in [-0.39, 0.29) is 5.91 Å². The lowest BCUT2D eigenvalue weighted by atomic mass is 10.2. The minimum atomic E-state index is -0.0442. The van der Waals surface area contributed by atoms with Gasteiger partial charge in [-0.1, -0.05) is 19.9 Å². The third-order valence-corrected chi connectivity index (χ3v) is 2.27. The standard InChI is InChI=1S/C12H19N3O/c1-9(2)8-15(3)12(16)11-5-4-10(6-13)7-14-11/h4-5,7,9H,6,8,13H2,1-3H3. The van der Waals surface area contributed by atoms with Gasteiger partial charge >= 0.3 is 0 Å². The van der Waals surface area contributed by atoms with Crippen molar-refractivity contribution in [3.63, 3.8) is 0 Å². The molecule has 0 aliphatic carbocycles. The fourth-order valence-electron chi connectivity index (χ4n) is 1.50. The third-order valence-electron chi connectivity index (χ3n) is 2.27. The van der Waals surface area contributed by atoms with Gasteiger partial charge in [-0.2, -0.15) is 0 Å². The van der Waals surface area contributed by atoms with Crippen molar-refractivity contribution in [2.45, 2.75) is 20.4 Å². The van der Waals surface area contributed by atoms with Crippen LogP contribution in [0.25, 0.3) is 0 Å². The average molecular weight is 221 g/mol. The number of rotatable bonds is 4. The smallest absolute Gasteiger partial charge is 0.272 e. The molecule has 0 saturated heterocycles. The fourth-order valence-corrected chi connectivity index (χ4v) is 1.50. The molecule has 1 amide bonds. The Morgan fingerprint density at radius 3 is 2.62 bits per heavy atom. The highest BCUT2D eigenvalue weighted by Gasteiger charge is 2.13. The largest absolute Gasteiger partial charge is 0.340 e.